The van der Waals surface area contributed by atoms with Crippen molar-refractivity contribution in [1.29, 1.82) is 0 Å². The summed E-state index contributed by atoms with van der Waals surface area (Å²) >= 11 is 0. The van der Waals surface area contributed by atoms with Gasteiger partial charge < -0.3 is 9.64 Å². The van der Waals surface area contributed by atoms with E-state index in [1.807, 2.05) is 41.3 Å². The number of amides is 1. The van der Waals surface area contributed by atoms with Gasteiger partial charge in [0.15, 0.2) is 0 Å². The van der Waals surface area contributed by atoms with Gasteiger partial charge in [0, 0.05) is 31.0 Å². The first kappa shape index (κ1) is 18.4. The molecule has 0 saturated carbocycles. The van der Waals surface area contributed by atoms with Crippen molar-refractivity contribution >= 4 is 16.8 Å². The zero-order valence-corrected chi connectivity index (χ0v) is 15.9. The van der Waals surface area contributed by atoms with Crippen LogP contribution < -0.4 is 4.74 Å². The molecule has 1 aromatic heterocycles. The molecule has 0 N–H and O–H groups in total. The van der Waals surface area contributed by atoms with Crippen molar-refractivity contribution < 1.29 is 13.9 Å². The Morgan fingerprint density at radius 3 is 2.96 bits per heavy atom. The molecule has 1 saturated heterocycles. The smallest absolute Gasteiger partial charge is 0.223 e. The van der Waals surface area contributed by atoms with Gasteiger partial charge in [0.25, 0.3) is 0 Å². The maximum absolute atomic E-state index is 13.7. The van der Waals surface area contributed by atoms with Gasteiger partial charge in [-0.05, 0) is 42.7 Å². The fourth-order valence-electron chi connectivity index (χ4n) is 3.60. The highest BCUT2D eigenvalue weighted by molar-refractivity contribution is 5.84. The number of halogens is 1. The summed E-state index contributed by atoms with van der Waals surface area (Å²) in [5.41, 5.74) is 2.32. The zero-order chi connectivity index (χ0) is 19.5. The number of fused-ring (bicyclic) bond motifs is 1. The second-order valence-corrected chi connectivity index (χ2v) is 7.28. The number of aromatic nitrogens is 1. The van der Waals surface area contributed by atoms with Gasteiger partial charge in [-0.15, -0.1) is 0 Å². The normalized spacial score (nSPS) is 16.5. The van der Waals surface area contributed by atoms with Crippen LogP contribution in [-0.2, 0) is 11.2 Å². The van der Waals surface area contributed by atoms with E-state index in [9.17, 15) is 9.18 Å². The fraction of sp³-hybridized carbons (Fsp3) is 0.304. The van der Waals surface area contributed by atoms with Crippen LogP contribution in [0.4, 0.5) is 4.39 Å². The summed E-state index contributed by atoms with van der Waals surface area (Å²) in [6.45, 7) is 2.99. The van der Waals surface area contributed by atoms with Crippen LogP contribution in [0.3, 0.4) is 0 Å². The average Bonchev–Trinajstić information content (AvgIpc) is 3.18. The van der Waals surface area contributed by atoms with Crippen LogP contribution in [0.25, 0.3) is 10.9 Å². The molecule has 0 bridgehead atoms. The van der Waals surface area contributed by atoms with Gasteiger partial charge in [-0.3, -0.25) is 9.78 Å². The summed E-state index contributed by atoms with van der Waals surface area (Å²) in [7, 11) is 0. The summed E-state index contributed by atoms with van der Waals surface area (Å²) in [4.78, 5) is 18.8. The lowest BCUT2D eigenvalue weighted by Crippen LogP contribution is -2.31. The van der Waals surface area contributed by atoms with E-state index in [1.165, 1.54) is 6.07 Å². The number of aryl methyl sites for hydroxylation is 2. The predicted molar refractivity (Wildman–Crippen MR) is 107 cm³/mol. The highest BCUT2D eigenvalue weighted by Gasteiger charge is 2.27. The van der Waals surface area contributed by atoms with E-state index in [2.05, 4.69) is 4.98 Å². The molecule has 0 radical (unpaired) electrons. The van der Waals surface area contributed by atoms with E-state index in [-0.39, 0.29) is 17.8 Å². The Balaban J connectivity index is 1.34. The first-order valence-electron chi connectivity index (χ1n) is 9.63. The molecule has 4 rings (SSSR count). The molecule has 1 aliphatic heterocycles. The predicted octanol–water partition coefficient (Wildman–Crippen LogP) is 4.29. The molecule has 5 heteroatoms. The third-order valence-electron chi connectivity index (χ3n) is 5.25. The van der Waals surface area contributed by atoms with Crippen LogP contribution in [-0.4, -0.2) is 35.0 Å². The van der Waals surface area contributed by atoms with Gasteiger partial charge in [-0.25, -0.2) is 4.39 Å². The first-order chi connectivity index (χ1) is 13.6. The van der Waals surface area contributed by atoms with Gasteiger partial charge in [-0.2, -0.15) is 0 Å². The van der Waals surface area contributed by atoms with Crippen molar-refractivity contribution in [3.63, 3.8) is 0 Å². The second kappa shape index (κ2) is 7.97. The number of para-hydroxylation sites is 1. The molecule has 2 aromatic carbocycles. The molecule has 28 heavy (non-hydrogen) atoms. The van der Waals surface area contributed by atoms with E-state index in [1.54, 1.807) is 19.2 Å². The van der Waals surface area contributed by atoms with Crippen molar-refractivity contribution in [3.8, 4) is 5.75 Å². The maximum atomic E-state index is 13.7. The lowest BCUT2D eigenvalue weighted by molar-refractivity contribution is -0.130. The molecule has 0 spiro atoms. The Hall–Kier alpha value is -2.95. The quantitative estimate of drug-likeness (QED) is 0.665. The summed E-state index contributed by atoms with van der Waals surface area (Å²) in [6, 6.07) is 15.0. The molecular weight excluding hydrogens is 355 g/mol. The summed E-state index contributed by atoms with van der Waals surface area (Å²) < 4.78 is 19.8. The Bertz CT molecular complexity index is 1000. The van der Waals surface area contributed by atoms with Crippen LogP contribution in [0.1, 0.15) is 24.0 Å². The minimum atomic E-state index is -0.219. The van der Waals surface area contributed by atoms with Crippen molar-refractivity contribution in [2.24, 2.45) is 0 Å². The molecule has 1 fully saturated rings. The number of ether oxygens (including phenoxy) is 1. The topological polar surface area (TPSA) is 42.4 Å². The van der Waals surface area contributed by atoms with E-state index < -0.39 is 0 Å². The minimum absolute atomic E-state index is 0.0339. The third kappa shape index (κ3) is 3.98. The number of carbonyl (C=O) groups excluding carboxylic acids is 1. The van der Waals surface area contributed by atoms with Crippen molar-refractivity contribution in [2.45, 2.75) is 32.3 Å². The van der Waals surface area contributed by atoms with Crippen molar-refractivity contribution in [3.05, 3.63) is 71.7 Å². The second-order valence-electron chi connectivity index (χ2n) is 7.28. The lowest BCUT2D eigenvalue weighted by atomic mass is 10.1. The molecule has 1 aliphatic rings. The lowest BCUT2D eigenvalue weighted by Gasteiger charge is -2.18. The van der Waals surface area contributed by atoms with Gasteiger partial charge in [0.1, 0.15) is 23.2 Å². The standard InChI is InChI=1S/C23H23FN2O2/c1-16-7-8-17(14-20(16)24)9-10-22(27)26-13-11-19(15-26)28-21-6-2-4-18-5-3-12-25-23(18)21/h2-8,12,14,19H,9-11,13,15H2,1H3. The Labute approximate surface area is 164 Å². The van der Waals surface area contributed by atoms with E-state index in [4.69, 9.17) is 4.74 Å². The Morgan fingerprint density at radius 1 is 1.25 bits per heavy atom. The van der Waals surface area contributed by atoms with Gasteiger partial charge in [0.2, 0.25) is 5.91 Å². The van der Waals surface area contributed by atoms with Crippen LogP contribution in [0, 0.1) is 12.7 Å². The fourth-order valence-corrected chi connectivity index (χ4v) is 3.60. The molecule has 0 aliphatic carbocycles. The van der Waals surface area contributed by atoms with E-state index in [0.29, 0.717) is 31.5 Å². The number of carbonyl (C=O) groups is 1. The summed E-state index contributed by atoms with van der Waals surface area (Å²) in [5.74, 6) is 0.624. The van der Waals surface area contributed by atoms with E-state index in [0.717, 1.165) is 28.6 Å². The molecule has 3 aromatic rings. The molecule has 4 nitrogen and oxygen atoms in total. The van der Waals surface area contributed by atoms with Crippen LogP contribution in [0.2, 0.25) is 0 Å². The largest absolute Gasteiger partial charge is 0.486 e. The Morgan fingerprint density at radius 2 is 2.11 bits per heavy atom. The number of likely N-dealkylation sites (tertiary alicyclic amines) is 1. The molecule has 1 unspecified atom stereocenters. The number of benzene rings is 2. The first-order valence-corrected chi connectivity index (χ1v) is 9.63. The highest BCUT2D eigenvalue weighted by Crippen LogP contribution is 2.26. The van der Waals surface area contributed by atoms with E-state index >= 15 is 0 Å². The molecule has 1 amide bonds. The van der Waals surface area contributed by atoms with Crippen molar-refractivity contribution in [2.75, 3.05) is 13.1 Å². The number of hydrogen-bond donors (Lipinski definition) is 0. The molecular formula is C23H23FN2O2. The molecule has 144 valence electrons. The monoisotopic (exact) mass is 378 g/mol. The van der Waals surface area contributed by atoms with Gasteiger partial charge >= 0.3 is 0 Å². The van der Waals surface area contributed by atoms with Crippen molar-refractivity contribution in [1.82, 2.24) is 9.88 Å². The van der Waals surface area contributed by atoms with Gasteiger partial charge in [0.05, 0.1) is 6.54 Å². The summed E-state index contributed by atoms with van der Waals surface area (Å²) in [5, 5.41) is 1.04. The third-order valence-corrected chi connectivity index (χ3v) is 5.25. The number of rotatable bonds is 5. The summed E-state index contributed by atoms with van der Waals surface area (Å²) in [6.07, 6.45) is 3.45. The van der Waals surface area contributed by atoms with Crippen LogP contribution in [0.15, 0.2) is 54.7 Å². The average molecular weight is 378 g/mol. The molecule has 2 heterocycles. The van der Waals surface area contributed by atoms with Crippen LogP contribution >= 0.6 is 0 Å². The highest BCUT2D eigenvalue weighted by atomic mass is 19.1. The minimum Gasteiger partial charge on any atom is -0.486 e. The SMILES string of the molecule is Cc1ccc(CCC(=O)N2CCC(Oc3cccc4cccnc34)C2)cc1F. The van der Waals surface area contributed by atoms with Gasteiger partial charge in [-0.1, -0.05) is 30.3 Å². The number of hydrogen-bond acceptors (Lipinski definition) is 3. The zero-order valence-electron chi connectivity index (χ0n) is 15.9. The molecule has 1 atom stereocenters. The number of nitrogens with zero attached hydrogens (tertiary/aromatic N) is 2. The number of pyridine rings is 1. The maximum Gasteiger partial charge on any atom is 0.223 e. The Kier molecular flexibility index (Phi) is 5.24. The van der Waals surface area contributed by atoms with Crippen LogP contribution in [0.5, 0.6) is 5.75 Å².